The highest BCUT2D eigenvalue weighted by Crippen LogP contribution is 2.45. The van der Waals surface area contributed by atoms with E-state index in [0.29, 0.717) is 13.1 Å². The summed E-state index contributed by atoms with van der Waals surface area (Å²) >= 11 is 0. The van der Waals surface area contributed by atoms with Crippen LogP contribution >= 0.6 is 0 Å². The van der Waals surface area contributed by atoms with Crippen LogP contribution in [0.15, 0.2) is 71.6 Å². The molecule has 3 aromatic rings. The Hall–Kier alpha value is -4.11. The highest BCUT2D eigenvalue weighted by Gasteiger charge is 2.53. The second-order valence-corrected chi connectivity index (χ2v) is 13.7. The van der Waals surface area contributed by atoms with Crippen LogP contribution < -0.4 is 0 Å². The van der Waals surface area contributed by atoms with Crippen LogP contribution in [-0.4, -0.2) is 80.5 Å². The smallest absolute Gasteiger partial charge is 0.359 e. The van der Waals surface area contributed by atoms with Crippen LogP contribution in [0.3, 0.4) is 0 Å². The molecular formula is C32H31F6N3O5S. The van der Waals surface area contributed by atoms with E-state index in [1.807, 2.05) is 0 Å². The number of hydrogen-bond donors (Lipinski definition) is 0. The molecule has 8 nitrogen and oxygen atoms in total. The second-order valence-electron chi connectivity index (χ2n) is 11.5. The van der Waals surface area contributed by atoms with E-state index in [1.54, 1.807) is 4.90 Å². The number of carbonyl (C=O) groups is 2. The van der Waals surface area contributed by atoms with Crippen LogP contribution in [-0.2, 0) is 30.7 Å². The van der Waals surface area contributed by atoms with Gasteiger partial charge in [-0.05, 0) is 53.9 Å². The van der Waals surface area contributed by atoms with Crippen molar-refractivity contribution < 1.29 is 49.1 Å². The van der Waals surface area contributed by atoms with Gasteiger partial charge in [0, 0.05) is 51.8 Å². The fraction of sp³-hybridized carbons (Fsp3) is 0.375. The highest BCUT2D eigenvalue weighted by atomic mass is 32.2. The first-order chi connectivity index (χ1) is 22.1. The van der Waals surface area contributed by atoms with Crippen molar-refractivity contribution in [2.24, 2.45) is 0 Å². The standard InChI is InChI=1S/C32H31F6N3O5S/c1-21(42)39-15-17-40(18-16-39)30(43)41-14-13-31(20-41,47(44,45)25-11-9-24(33)10-12-25)23-7-5-22(6-8-23)29(32(36,37)38)46-19-26-27(34)3-2-4-28(26)35/h2-12,29H,13-20H2,1H3/t29?,31-/m0/s1. The summed E-state index contributed by atoms with van der Waals surface area (Å²) in [5.41, 5.74) is -1.04. The first kappa shape index (κ1) is 34.2. The summed E-state index contributed by atoms with van der Waals surface area (Å²) in [6.07, 6.45) is -7.71. The van der Waals surface area contributed by atoms with Gasteiger partial charge in [0.25, 0.3) is 0 Å². The number of urea groups is 1. The van der Waals surface area contributed by atoms with E-state index in [-0.39, 0.29) is 49.0 Å². The average Bonchev–Trinajstić information content (AvgIpc) is 3.49. The Kier molecular flexibility index (Phi) is 9.60. The van der Waals surface area contributed by atoms with Gasteiger partial charge >= 0.3 is 12.2 Å². The van der Waals surface area contributed by atoms with Crippen molar-refractivity contribution in [2.75, 3.05) is 39.3 Å². The zero-order valence-electron chi connectivity index (χ0n) is 25.1. The predicted molar refractivity (Wildman–Crippen MR) is 157 cm³/mol. The Morgan fingerprint density at radius 3 is 1.96 bits per heavy atom. The van der Waals surface area contributed by atoms with E-state index in [0.717, 1.165) is 54.6 Å². The summed E-state index contributed by atoms with van der Waals surface area (Å²) in [7, 11) is -4.37. The molecule has 2 aliphatic rings. The number of hydrogen-bond acceptors (Lipinski definition) is 5. The van der Waals surface area contributed by atoms with Crippen molar-refractivity contribution in [3.8, 4) is 0 Å². The lowest BCUT2D eigenvalue weighted by Crippen LogP contribution is -2.54. The second kappa shape index (κ2) is 13.2. The minimum Gasteiger partial charge on any atom is -0.359 e. The Morgan fingerprint density at radius 2 is 1.40 bits per heavy atom. The monoisotopic (exact) mass is 683 g/mol. The molecule has 0 bridgehead atoms. The van der Waals surface area contributed by atoms with Gasteiger partial charge in [-0.15, -0.1) is 0 Å². The molecule has 2 fully saturated rings. The maximum Gasteiger partial charge on any atom is 0.418 e. The number of carbonyl (C=O) groups excluding carboxylic acids is 2. The average molecular weight is 684 g/mol. The summed E-state index contributed by atoms with van der Waals surface area (Å²) < 4.78 is 116. The SMILES string of the molecule is CC(=O)N1CCN(C(=O)N2CC[C@](c3ccc(C(OCc4c(F)cccc4F)C(F)(F)F)cc3)(S(=O)(=O)c3ccc(F)cc3)C2)CC1. The Morgan fingerprint density at radius 1 is 0.830 bits per heavy atom. The van der Waals surface area contributed by atoms with Crippen LogP contribution in [0.25, 0.3) is 0 Å². The van der Waals surface area contributed by atoms with Gasteiger partial charge in [-0.3, -0.25) is 4.79 Å². The zero-order chi connectivity index (χ0) is 34.1. The Bertz CT molecular complexity index is 1710. The van der Waals surface area contributed by atoms with E-state index in [2.05, 4.69) is 0 Å². The molecule has 3 amide bonds. The molecule has 0 aliphatic carbocycles. The van der Waals surface area contributed by atoms with Crippen LogP contribution in [0.1, 0.15) is 36.1 Å². The maximum absolute atomic E-state index is 14.2. The molecule has 0 saturated carbocycles. The first-order valence-corrected chi connectivity index (χ1v) is 16.1. The molecule has 3 aromatic carbocycles. The molecule has 47 heavy (non-hydrogen) atoms. The normalized spacial score (nSPS) is 19.6. The van der Waals surface area contributed by atoms with Gasteiger partial charge in [-0.1, -0.05) is 30.3 Å². The predicted octanol–water partition coefficient (Wildman–Crippen LogP) is 5.58. The largest absolute Gasteiger partial charge is 0.418 e. The molecule has 2 aliphatic heterocycles. The number of halogens is 6. The molecule has 2 heterocycles. The Labute approximate surface area is 267 Å². The third-order valence-corrected chi connectivity index (χ3v) is 11.1. The molecule has 1 unspecified atom stereocenters. The number of rotatable bonds is 7. The van der Waals surface area contributed by atoms with E-state index in [1.165, 1.54) is 28.9 Å². The fourth-order valence-electron chi connectivity index (χ4n) is 5.99. The summed E-state index contributed by atoms with van der Waals surface area (Å²) in [5.74, 6) is -2.96. The fourth-order valence-corrected chi connectivity index (χ4v) is 8.06. The van der Waals surface area contributed by atoms with Crippen molar-refractivity contribution in [1.29, 1.82) is 0 Å². The van der Waals surface area contributed by atoms with Crippen molar-refractivity contribution in [3.05, 3.63) is 101 Å². The molecule has 0 radical (unpaired) electrons. The minimum absolute atomic E-state index is 0.00355. The number of ether oxygens (including phenoxy) is 1. The number of sulfone groups is 1. The van der Waals surface area contributed by atoms with Crippen LogP contribution in [0.4, 0.5) is 31.1 Å². The van der Waals surface area contributed by atoms with Gasteiger partial charge in [-0.2, -0.15) is 13.2 Å². The quantitative estimate of drug-likeness (QED) is 0.240. The molecule has 0 aromatic heterocycles. The van der Waals surface area contributed by atoms with Crippen LogP contribution in [0.2, 0.25) is 0 Å². The molecule has 0 N–H and O–H groups in total. The van der Waals surface area contributed by atoms with E-state index in [4.69, 9.17) is 4.74 Å². The molecule has 15 heteroatoms. The number of benzene rings is 3. The van der Waals surface area contributed by atoms with Gasteiger partial charge < -0.3 is 19.4 Å². The van der Waals surface area contributed by atoms with Gasteiger partial charge in [0.1, 0.15) is 22.2 Å². The summed E-state index contributed by atoms with van der Waals surface area (Å²) in [5, 5.41) is 0. The Balaban J connectivity index is 1.46. The number of likely N-dealkylation sites (tertiary alicyclic amines) is 1. The lowest BCUT2D eigenvalue weighted by Gasteiger charge is -2.37. The third kappa shape index (κ3) is 6.82. The number of piperazine rings is 1. The molecule has 0 spiro atoms. The summed E-state index contributed by atoms with van der Waals surface area (Å²) in [6.45, 7) is 1.13. The minimum atomic E-state index is -5.00. The van der Waals surface area contributed by atoms with Crippen LogP contribution in [0.5, 0.6) is 0 Å². The maximum atomic E-state index is 14.2. The molecule has 252 valence electrons. The van der Waals surface area contributed by atoms with Crippen molar-refractivity contribution in [1.82, 2.24) is 14.7 Å². The summed E-state index contributed by atoms with van der Waals surface area (Å²) in [4.78, 5) is 29.4. The molecular weight excluding hydrogens is 652 g/mol. The van der Waals surface area contributed by atoms with Crippen LogP contribution in [0, 0.1) is 17.5 Å². The highest BCUT2D eigenvalue weighted by molar-refractivity contribution is 7.92. The third-order valence-electron chi connectivity index (χ3n) is 8.63. The lowest BCUT2D eigenvalue weighted by molar-refractivity contribution is -0.227. The van der Waals surface area contributed by atoms with E-state index < -0.39 is 68.1 Å². The van der Waals surface area contributed by atoms with Gasteiger partial charge in [0.05, 0.1) is 11.5 Å². The first-order valence-electron chi connectivity index (χ1n) is 14.7. The molecule has 5 rings (SSSR count). The van der Waals surface area contributed by atoms with Gasteiger partial charge in [0.15, 0.2) is 15.9 Å². The molecule has 2 saturated heterocycles. The lowest BCUT2D eigenvalue weighted by atomic mass is 9.95. The van der Waals surface area contributed by atoms with E-state index in [9.17, 15) is 44.3 Å². The van der Waals surface area contributed by atoms with Crippen molar-refractivity contribution >= 4 is 21.8 Å². The van der Waals surface area contributed by atoms with Gasteiger partial charge in [0.2, 0.25) is 5.91 Å². The van der Waals surface area contributed by atoms with Gasteiger partial charge in [-0.25, -0.2) is 26.4 Å². The van der Waals surface area contributed by atoms with Crippen molar-refractivity contribution in [3.63, 3.8) is 0 Å². The van der Waals surface area contributed by atoms with Crippen molar-refractivity contribution in [2.45, 2.75) is 41.9 Å². The van der Waals surface area contributed by atoms with E-state index >= 15 is 0 Å². The summed E-state index contributed by atoms with van der Waals surface area (Å²) in [6, 6.07) is 11.0. The zero-order valence-corrected chi connectivity index (χ0v) is 26.0. The molecule has 2 atom stereocenters. The number of alkyl halides is 3. The number of nitrogens with zero attached hydrogens (tertiary/aromatic N) is 3. The topological polar surface area (TPSA) is 87.2 Å². The number of amides is 3.